The van der Waals surface area contributed by atoms with E-state index >= 15 is 0 Å². The van der Waals surface area contributed by atoms with Gasteiger partial charge in [0.25, 0.3) is 5.91 Å². The molecule has 0 atom stereocenters. The molecule has 1 aromatic rings. The SMILES string of the molecule is C=CCOc1ccc(/C=C2\SC(=NC3CCCC3)NC2=O)cc1. The van der Waals surface area contributed by atoms with Crippen molar-refractivity contribution < 1.29 is 9.53 Å². The lowest BCUT2D eigenvalue weighted by atomic mass is 10.2. The van der Waals surface area contributed by atoms with Gasteiger partial charge >= 0.3 is 0 Å². The molecule has 0 aromatic heterocycles. The quantitative estimate of drug-likeness (QED) is 0.661. The molecule has 1 N–H and O–H groups in total. The molecule has 5 heteroatoms. The number of amides is 1. The van der Waals surface area contributed by atoms with Gasteiger partial charge in [-0.1, -0.05) is 37.6 Å². The van der Waals surface area contributed by atoms with Crippen LogP contribution in [0.25, 0.3) is 6.08 Å². The third-order valence-corrected chi connectivity index (χ3v) is 4.75. The monoisotopic (exact) mass is 328 g/mol. The first-order valence-corrected chi connectivity index (χ1v) is 8.69. The zero-order chi connectivity index (χ0) is 16.1. The summed E-state index contributed by atoms with van der Waals surface area (Å²) in [6.07, 6.45) is 8.33. The van der Waals surface area contributed by atoms with Crippen molar-refractivity contribution in [1.29, 1.82) is 0 Å². The fourth-order valence-corrected chi connectivity index (χ4v) is 3.55. The lowest BCUT2D eigenvalue weighted by molar-refractivity contribution is -0.115. The number of ether oxygens (including phenoxy) is 1. The molecular weight excluding hydrogens is 308 g/mol. The van der Waals surface area contributed by atoms with Crippen LogP contribution in [0.4, 0.5) is 0 Å². The molecule has 1 saturated heterocycles. The molecular formula is C18H20N2O2S. The van der Waals surface area contributed by atoms with Crippen LogP contribution in [0, 0.1) is 0 Å². The molecule has 1 heterocycles. The maximum Gasteiger partial charge on any atom is 0.264 e. The number of nitrogens with zero attached hydrogens (tertiary/aromatic N) is 1. The summed E-state index contributed by atoms with van der Waals surface area (Å²) in [6.45, 7) is 4.11. The number of carbonyl (C=O) groups excluding carboxylic acids is 1. The van der Waals surface area contributed by atoms with Gasteiger partial charge in [0.1, 0.15) is 12.4 Å². The summed E-state index contributed by atoms with van der Waals surface area (Å²) in [5.74, 6) is 0.720. The Morgan fingerprint density at radius 2 is 2.04 bits per heavy atom. The summed E-state index contributed by atoms with van der Waals surface area (Å²) >= 11 is 1.42. The third-order valence-electron chi connectivity index (χ3n) is 3.82. The predicted molar refractivity (Wildman–Crippen MR) is 95.5 cm³/mol. The number of benzene rings is 1. The van der Waals surface area contributed by atoms with E-state index in [0.29, 0.717) is 17.6 Å². The van der Waals surface area contributed by atoms with Gasteiger partial charge in [-0.05, 0) is 48.4 Å². The van der Waals surface area contributed by atoms with Crippen molar-refractivity contribution in [3.63, 3.8) is 0 Å². The van der Waals surface area contributed by atoms with Gasteiger partial charge in [-0.15, -0.1) is 0 Å². The molecule has 0 bridgehead atoms. The van der Waals surface area contributed by atoms with Gasteiger partial charge in [0, 0.05) is 0 Å². The molecule has 2 aliphatic rings. The largest absolute Gasteiger partial charge is 0.490 e. The highest BCUT2D eigenvalue weighted by Gasteiger charge is 2.25. The highest BCUT2D eigenvalue weighted by Crippen LogP contribution is 2.29. The number of amidine groups is 1. The fraction of sp³-hybridized carbons (Fsp3) is 0.333. The lowest BCUT2D eigenvalue weighted by Crippen LogP contribution is -2.21. The standard InChI is InChI=1S/C18H20N2O2S/c1-2-11-22-15-9-7-13(8-10-15)12-16-17(21)20-18(23-16)19-14-5-3-4-6-14/h2,7-10,12,14H,1,3-6,11H2,(H,19,20,21)/b16-12-. The van der Waals surface area contributed by atoms with Crippen molar-refractivity contribution in [1.82, 2.24) is 5.32 Å². The van der Waals surface area contributed by atoms with Gasteiger partial charge in [-0.3, -0.25) is 9.79 Å². The molecule has 1 saturated carbocycles. The second-order valence-electron chi connectivity index (χ2n) is 5.61. The Labute approximate surface area is 140 Å². The van der Waals surface area contributed by atoms with Crippen molar-refractivity contribution in [2.45, 2.75) is 31.7 Å². The predicted octanol–water partition coefficient (Wildman–Crippen LogP) is 3.75. The summed E-state index contributed by atoms with van der Waals surface area (Å²) < 4.78 is 5.45. The van der Waals surface area contributed by atoms with E-state index in [4.69, 9.17) is 4.74 Å². The second-order valence-corrected chi connectivity index (χ2v) is 6.64. The van der Waals surface area contributed by atoms with E-state index in [1.165, 1.54) is 24.6 Å². The van der Waals surface area contributed by atoms with Crippen LogP contribution in [0.1, 0.15) is 31.2 Å². The summed E-state index contributed by atoms with van der Waals surface area (Å²) in [4.78, 5) is 17.4. The van der Waals surface area contributed by atoms with E-state index in [0.717, 1.165) is 29.3 Å². The first kappa shape index (κ1) is 15.9. The first-order chi connectivity index (χ1) is 11.2. The van der Waals surface area contributed by atoms with E-state index in [1.807, 2.05) is 30.3 Å². The topological polar surface area (TPSA) is 50.7 Å². The first-order valence-electron chi connectivity index (χ1n) is 7.87. The third kappa shape index (κ3) is 4.26. The van der Waals surface area contributed by atoms with Crippen LogP contribution in [0.15, 0.2) is 46.8 Å². The molecule has 1 aliphatic heterocycles. The van der Waals surface area contributed by atoms with Crippen molar-refractivity contribution in [2.24, 2.45) is 4.99 Å². The summed E-state index contributed by atoms with van der Waals surface area (Å²) in [5.41, 5.74) is 0.968. The van der Waals surface area contributed by atoms with Crippen LogP contribution < -0.4 is 10.1 Å². The minimum atomic E-state index is -0.0706. The maximum atomic E-state index is 12.1. The molecule has 0 radical (unpaired) electrons. The molecule has 4 nitrogen and oxygen atoms in total. The Morgan fingerprint density at radius 3 is 2.74 bits per heavy atom. The normalized spacial score (nSPS) is 21.8. The van der Waals surface area contributed by atoms with Crippen LogP contribution >= 0.6 is 11.8 Å². The van der Waals surface area contributed by atoms with Crippen molar-refractivity contribution in [2.75, 3.05) is 6.61 Å². The van der Waals surface area contributed by atoms with Crippen molar-refractivity contribution >= 4 is 28.9 Å². The van der Waals surface area contributed by atoms with Gasteiger partial charge in [0.2, 0.25) is 0 Å². The van der Waals surface area contributed by atoms with Crippen LogP contribution in [-0.2, 0) is 4.79 Å². The van der Waals surface area contributed by atoms with Crippen molar-refractivity contribution in [3.8, 4) is 5.75 Å². The molecule has 3 rings (SSSR count). The van der Waals surface area contributed by atoms with E-state index in [9.17, 15) is 4.79 Å². The molecule has 2 fully saturated rings. The number of nitrogens with one attached hydrogen (secondary N) is 1. The summed E-state index contributed by atoms with van der Waals surface area (Å²) in [7, 11) is 0. The molecule has 0 unspecified atom stereocenters. The van der Waals surface area contributed by atoms with E-state index < -0.39 is 0 Å². The Kier molecular flexibility index (Phi) is 5.18. The van der Waals surface area contributed by atoms with Crippen molar-refractivity contribution in [3.05, 3.63) is 47.4 Å². The average Bonchev–Trinajstić information content (AvgIpc) is 3.17. The molecule has 23 heavy (non-hydrogen) atoms. The lowest BCUT2D eigenvalue weighted by Gasteiger charge is -2.03. The van der Waals surface area contributed by atoms with E-state index in [1.54, 1.807) is 6.08 Å². The van der Waals surface area contributed by atoms with E-state index in [2.05, 4.69) is 16.9 Å². The Hall–Kier alpha value is -2.01. The number of hydrogen-bond acceptors (Lipinski definition) is 4. The van der Waals surface area contributed by atoms with Gasteiger partial charge in [0.05, 0.1) is 10.9 Å². The summed E-state index contributed by atoms with van der Waals surface area (Å²) in [6, 6.07) is 8.02. The number of thioether (sulfide) groups is 1. The van der Waals surface area contributed by atoms with Crippen LogP contribution in [-0.4, -0.2) is 23.7 Å². The molecule has 1 aliphatic carbocycles. The smallest absolute Gasteiger partial charge is 0.264 e. The number of aliphatic imine (C=N–C) groups is 1. The van der Waals surface area contributed by atoms with E-state index in [-0.39, 0.29) is 5.91 Å². The number of carbonyl (C=O) groups is 1. The highest BCUT2D eigenvalue weighted by molar-refractivity contribution is 8.18. The van der Waals surface area contributed by atoms with Gasteiger partial charge in [0.15, 0.2) is 5.17 Å². The summed E-state index contributed by atoms with van der Waals surface area (Å²) in [5, 5.41) is 3.60. The molecule has 1 amide bonds. The van der Waals surface area contributed by atoms with Gasteiger partial charge in [-0.2, -0.15) is 0 Å². The molecule has 1 aromatic carbocycles. The molecule has 120 valence electrons. The fourth-order valence-electron chi connectivity index (χ4n) is 2.65. The Morgan fingerprint density at radius 1 is 1.30 bits per heavy atom. The Balaban J connectivity index is 1.67. The minimum absolute atomic E-state index is 0.0706. The maximum absolute atomic E-state index is 12.1. The van der Waals surface area contributed by atoms with Crippen LogP contribution in [0.2, 0.25) is 0 Å². The minimum Gasteiger partial charge on any atom is -0.490 e. The van der Waals surface area contributed by atoms with Gasteiger partial charge in [-0.25, -0.2) is 0 Å². The molecule has 0 spiro atoms. The highest BCUT2D eigenvalue weighted by atomic mass is 32.2. The van der Waals surface area contributed by atoms with Crippen LogP contribution in [0.5, 0.6) is 5.75 Å². The Bertz CT molecular complexity index is 643. The average molecular weight is 328 g/mol. The zero-order valence-electron chi connectivity index (χ0n) is 13.0. The number of rotatable bonds is 5. The van der Waals surface area contributed by atoms with Crippen LogP contribution in [0.3, 0.4) is 0 Å². The van der Waals surface area contributed by atoms with Gasteiger partial charge < -0.3 is 10.1 Å². The number of hydrogen-bond donors (Lipinski definition) is 1. The zero-order valence-corrected chi connectivity index (χ0v) is 13.8. The second kappa shape index (κ2) is 7.51.